The summed E-state index contributed by atoms with van der Waals surface area (Å²) in [4.78, 5) is 11.6. The quantitative estimate of drug-likeness (QED) is 0.649. The molecule has 2 N–H and O–H groups in total. The van der Waals surface area contributed by atoms with Crippen LogP contribution in [0.3, 0.4) is 0 Å². The SMILES string of the molecule is CCCNC(=O)/C(C#N)=C\Nc1cccc(Br)c1. The molecule has 1 aromatic carbocycles. The van der Waals surface area contributed by atoms with E-state index in [0.29, 0.717) is 6.54 Å². The number of halogens is 1. The summed E-state index contributed by atoms with van der Waals surface area (Å²) in [5.74, 6) is -0.359. The fourth-order valence-electron chi connectivity index (χ4n) is 1.22. The molecule has 0 saturated carbocycles. The van der Waals surface area contributed by atoms with Gasteiger partial charge in [0.1, 0.15) is 11.6 Å². The van der Waals surface area contributed by atoms with Gasteiger partial charge in [-0.3, -0.25) is 4.79 Å². The molecule has 0 spiro atoms. The Kier molecular flexibility index (Phi) is 5.95. The van der Waals surface area contributed by atoms with E-state index in [9.17, 15) is 4.79 Å². The highest BCUT2D eigenvalue weighted by atomic mass is 79.9. The summed E-state index contributed by atoms with van der Waals surface area (Å²) >= 11 is 3.34. The summed E-state index contributed by atoms with van der Waals surface area (Å²) in [5, 5.41) is 14.5. The molecule has 4 nitrogen and oxygen atoms in total. The van der Waals surface area contributed by atoms with Crippen molar-refractivity contribution >= 4 is 27.5 Å². The predicted octanol–water partition coefficient (Wildman–Crippen LogP) is 2.79. The molecule has 18 heavy (non-hydrogen) atoms. The van der Waals surface area contributed by atoms with Crippen molar-refractivity contribution < 1.29 is 4.79 Å². The lowest BCUT2D eigenvalue weighted by atomic mass is 10.2. The highest BCUT2D eigenvalue weighted by molar-refractivity contribution is 9.10. The summed E-state index contributed by atoms with van der Waals surface area (Å²) in [5.41, 5.74) is 0.865. The molecule has 0 bridgehead atoms. The van der Waals surface area contributed by atoms with Gasteiger partial charge >= 0.3 is 0 Å². The molecule has 0 aliphatic rings. The maximum atomic E-state index is 11.6. The monoisotopic (exact) mass is 307 g/mol. The number of nitriles is 1. The molecule has 1 aromatic rings. The number of anilines is 1. The zero-order valence-corrected chi connectivity index (χ0v) is 11.6. The van der Waals surface area contributed by atoms with E-state index in [1.165, 1.54) is 6.20 Å². The molecule has 1 amide bonds. The number of hydrogen-bond acceptors (Lipinski definition) is 3. The maximum Gasteiger partial charge on any atom is 0.263 e. The van der Waals surface area contributed by atoms with Crippen LogP contribution >= 0.6 is 15.9 Å². The van der Waals surface area contributed by atoms with Gasteiger partial charge in [-0.2, -0.15) is 5.26 Å². The van der Waals surface area contributed by atoms with E-state index in [2.05, 4.69) is 26.6 Å². The van der Waals surface area contributed by atoms with E-state index in [1.54, 1.807) is 0 Å². The van der Waals surface area contributed by atoms with E-state index in [1.807, 2.05) is 37.3 Å². The Morgan fingerprint density at radius 2 is 2.33 bits per heavy atom. The Bertz CT molecular complexity index is 491. The molecular formula is C13H14BrN3O. The number of nitrogens with zero attached hydrogens (tertiary/aromatic N) is 1. The van der Waals surface area contributed by atoms with Crippen molar-refractivity contribution in [1.29, 1.82) is 5.26 Å². The second-order valence-electron chi connectivity index (χ2n) is 3.58. The summed E-state index contributed by atoms with van der Waals surface area (Å²) in [6.45, 7) is 2.52. The Labute approximate surface area is 115 Å². The van der Waals surface area contributed by atoms with Crippen LogP contribution in [0.5, 0.6) is 0 Å². The molecule has 5 heteroatoms. The number of rotatable bonds is 5. The third kappa shape index (κ3) is 4.60. The van der Waals surface area contributed by atoms with Crippen molar-refractivity contribution in [1.82, 2.24) is 5.32 Å². The zero-order chi connectivity index (χ0) is 13.4. The van der Waals surface area contributed by atoms with E-state index < -0.39 is 0 Å². The van der Waals surface area contributed by atoms with E-state index in [4.69, 9.17) is 5.26 Å². The van der Waals surface area contributed by atoms with Crippen LogP contribution in [0.15, 0.2) is 40.5 Å². The van der Waals surface area contributed by atoms with Gasteiger partial charge < -0.3 is 10.6 Å². The minimum Gasteiger partial charge on any atom is -0.360 e. The van der Waals surface area contributed by atoms with Crippen LogP contribution in [-0.4, -0.2) is 12.5 Å². The highest BCUT2D eigenvalue weighted by Gasteiger charge is 2.06. The third-order valence-electron chi connectivity index (χ3n) is 2.11. The van der Waals surface area contributed by atoms with Gasteiger partial charge in [0.25, 0.3) is 5.91 Å². The van der Waals surface area contributed by atoms with Gasteiger partial charge in [-0.25, -0.2) is 0 Å². The molecule has 0 aliphatic carbocycles. The molecule has 0 aliphatic heterocycles. The van der Waals surface area contributed by atoms with Gasteiger partial charge in [0.15, 0.2) is 0 Å². The Balaban J connectivity index is 2.69. The second kappa shape index (κ2) is 7.51. The molecule has 0 aromatic heterocycles. The smallest absolute Gasteiger partial charge is 0.263 e. The first-order valence-corrected chi connectivity index (χ1v) is 6.37. The van der Waals surface area contributed by atoms with Crippen molar-refractivity contribution in [2.24, 2.45) is 0 Å². The predicted molar refractivity (Wildman–Crippen MR) is 74.8 cm³/mol. The molecule has 0 atom stereocenters. The zero-order valence-electron chi connectivity index (χ0n) is 10.0. The topological polar surface area (TPSA) is 64.9 Å². The van der Waals surface area contributed by atoms with Gasteiger partial charge in [0, 0.05) is 22.9 Å². The summed E-state index contributed by atoms with van der Waals surface area (Å²) in [6.07, 6.45) is 2.25. The first-order chi connectivity index (χ1) is 8.67. The first kappa shape index (κ1) is 14.3. The van der Waals surface area contributed by atoms with Crippen molar-refractivity contribution in [2.75, 3.05) is 11.9 Å². The second-order valence-corrected chi connectivity index (χ2v) is 4.50. The number of hydrogen-bond donors (Lipinski definition) is 2. The van der Waals surface area contributed by atoms with Crippen molar-refractivity contribution in [3.05, 3.63) is 40.5 Å². The van der Waals surface area contributed by atoms with Crippen molar-refractivity contribution in [3.8, 4) is 6.07 Å². The minimum atomic E-state index is -0.359. The minimum absolute atomic E-state index is 0.0587. The van der Waals surface area contributed by atoms with Crippen LogP contribution in [0.25, 0.3) is 0 Å². The molecule has 0 fully saturated rings. The van der Waals surface area contributed by atoms with Gasteiger partial charge in [-0.1, -0.05) is 28.9 Å². The molecule has 0 saturated heterocycles. The standard InChI is InChI=1S/C13H14BrN3O/c1-2-6-16-13(18)10(8-15)9-17-12-5-3-4-11(14)7-12/h3-5,7,9,17H,2,6H2,1H3,(H,16,18)/b10-9-. The fraction of sp³-hybridized carbons (Fsp3) is 0.231. The Morgan fingerprint density at radius 3 is 2.94 bits per heavy atom. The molecule has 0 unspecified atom stereocenters. The molecule has 94 valence electrons. The molecular weight excluding hydrogens is 294 g/mol. The number of carbonyl (C=O) groups excluding carboxylic acids is 1. The van der Waals surface area contributed by atoms with Crippen LogP contribution in [0, 0.1) is 11.3 Å². The average molecular weight is 308 g/mol. The van der Waals surface area contributed by atoms with Crippen LogP contribution < -0.4 is 10.6 Å². The molecule has 0 heterocycles. The van der Waals surface area contributed by atoms with Crippen molar-refractivity contribution in [3.63, 3.8) is 0 Å². The van der Waals surface area contributed by atoms with Crippen LogP contribution in [0.1, 0.15) is 13.3 Å². The number of carbonyl (C=O) groups is 1. The number of nitrogens with one attached hydrogen (secondary N) is 2. The Hall–Kier alpha value is -1.80. The first-order valence-electron chi connectivity index (χ1n) is 5.58. The molecule has 0 radical (unpaired) electrons. The van der Waals surface area contributed by atoms with Crippen LogP contribution in [0.4, 0.5) is 5.69 Å². The number of amides is 1. The van der Waals surface area contributed by atoms with Crippen molar-refractivity contribution in [2.45, 2.75) is 13.3 Å². The van der Waals surface area contributed by atoms with E-state index >= 15 is 0 Å². The normalized spacial score (nSPS) is 10.6. The lowest BCUT2D eigenvalue weighted by Gasteiger charge is -2.04. The summed E-state index contributed by atoms with van der Waals surface area (Å²) in [6, 6.07) is 9.34. The lowest BCUT2D eigenvalue weighted by Crippen LogP contribution is -2.25. The number of benzene rings is 1. The lowest BCUT2D eigenvalue weighted by molar-refractivity contribution is -0.117. The van der Waals surface area contributed by atoms with E-state index in [0.717, 1.165) is 16.6 Å². The van der Waals surface area contributed by atoms with Crippen LogP contribution in [0.2, 0.25) is 0 Å². The summed E-state index contributed by atoms with van der Waals surface area (Å²) in [7, 11) is 0. The van der Waals surface area contributed by atoms with E-state index in [-0.39, 0.29) is 11.5 Å². The largest absolute Gasteiger partial charge is 0.360 e. The van der Waals surface area contributed by atoms with Gasteiger partial charge in [0.05, 0.1) is 0 Å². The van der Waals surface area contributed by atoms with Crippen LogP contribution in [-0.2, 0) is 4.79 Å². The third-order valence-corrected chi connectivity index (χ3v) is 2.60. The molecule has 1 rings (SSSR count). The van der Waals surface area contributed by atoms with Gasteiger partial charge in [-0.15, -0.1) is 0 Å². The van der Waals surface area contributed by atoms with Gasteiger partial charge in [0.2, 0.25) is 0 Å². The Morgan fingerprint density at radius 1 is 1.56 bits per heavy atom. The summed E-state index contributed by atoms with van der Waals surface area (Å²) < 4.78 is 0.926. The van der Waals surface area contributed by atoms with Gasteiger partial charge in [-0.05, 0) is 24.6 Å². The maximum absolute atomic E-state index is 11.6. The highest BCUT2D eigenvalue weighted by Crippen LogP contribution is 2.15. The fourth-order valence-corrected chi connectivity index (χ4v) is 1.62. The average Bonchev–Trinajstić information content (AvgIpc) is 2.37.